The molecule has 1 unspecified atom stereocenters. The lowest BCUT2D eigenvalue weighted by molar-refractivity contribution is 0.0660. The van der Waals surface area contributed by atoms with Crippen molar-refractivity contribution in [3.05, 3.63) is 95.2 Å². The Morgan fingerprint density at radius 2 is 1.89 bits per heavy atom. The van der Waals surface area contributed by atoms with Crippen LogP contribution in [0.3, 0.4) is 0 Å². The summed E-state index contributed by atoms with van der Waals surface area (Å²) in [7, 11) is 5.22. The van der Waals surface area contributed by atoms with E-state index >= 15 is 0 Å². The summed E-state index contributed by atoms with van der Waals surface area (Å²) in [6.07, 6.45) is 4.39. The Morgan fingerprint density at radius 3 is 2.60 bits per heavy atom. The summed E-state index contributed by atoms with van der Waals surface area (Å²) < 4.78 is 19.1. The average Bonchev–Trinajstić information content (AvgIpc) is 3.54. The highest BCUT2D eigenvalue weighted by Crippen LogP contribution is 2.41. The van der Waals surface area contributed by atoms with Gasteiger partial charge in [0.1, 0.15) is 5.76 Å². The van der Waals surface area contributed by atoms with Gasteiger partial charge < -0.3 is 23.4 Å². The molecule has 2 aromatic heterocycles. The lowest BCUT2D eigenvalue weighted by atomic mass is 9.87. The maximum Gasteiger partial charge on any atom is 0.290 e. The summed E-state index contributed by atoms with van der Waals surface area (Å²) in [5.74, 6) is 2.88. The fourth-order valence-electron chi connectivity index (χ4n) is 4.50. The van der Waals surface area contributed by atoms with Crippen LogP contribution in [0.1, 0.15) is 39.0 Å². The Hall–Kier alpha value is -3.65. The second kappa shape index (κ2) is 9.92. The van der Waals surface area contributed by atoms with Gasteiger partial charge in [0.25, 0.3) is 5.91 Å². The van der Waals surface area contributed by atoms with Gasteiger partial charge in [-0.05, 0) is 47.4 Å². The lowest BCUT2D eigenvalue weighted by Crippen LogP contribution is -2.40. The molecule has 4 aromatic rings. The third-order valence-electron chi connectivity index (χ3n) is 6.24. The van der Waals surface area contributed by atoms with E-state index in [4.69, 9.17) is 13.9 Å². The minimum absolute atomic E-state index is 0.132. The smallest absolute Gasteiger partial charge is 0.290 e. The molecule has 0 saturated heterocycles. The number of aromatic nitrogens is 2. The number of methoxy groups -OCH3 is 2. The van der Waals surface area contributed by atoms with Gasteiger partial charge in [-0.1, -0.05) is 42.1 Å². The molecule has 1 atom stereocenters. The largest absolute Gasteiger partial charge is 0.493 e. The fourth-order valence-corrected chi connectivity index (χ4v) is 5.32. The molecule has 35 heavy (non-hydrogen) atoms. The topological polar surface area (TPSA) is 69.7 Å². The van der Waals surface area contributed by atoms with Crippen LogP contribution in [0.2, 0.25) is 0 Å². The molecular weight excluding hydrogens is 462 g/mol. The third kappa shape index (κ3) is 4.53. The first-order chi connectivity index (χ1) is 17.1. The third-order valence-corrected chi connectivity index (χ3v) is 7.32. The molecule has 1 aliphatic heterocycles. The predicted molar refractivity (Wildman–Crippen MR) is 134 cm³/mol. The van der Waals surface area contributed by atoms with E-state index in [1.54, 1.807) is 38.2 Å². The molecule has 3 heterocycles. The van der Waals surface area contributed by atoms with E-state index in [9.17, 15) is 4.79 Å². The molecule has 0 radical (unpaired) electrons. The number of carbonyl (C=O) groups is 1. The van der Waals surface area contributed by atoms with Crippen molar-refractivity contribution in [3.8, 4) is 11.5 Å². The van der Waals surface area contributed by atoms with Crippen molar-refractivity contribution in [1.82, 2.24) is 14.5 Å². The van der Waals surface area contributed by atoms with Crippen molar-refractivity contribution in [3.63, 3.8) is 0 Å². The zero-order chi connectivity index (χ0) is 24.4. The summed E-state index contributed by atoms with van der Waals surface area (Å²) in [6, 6.07) is 17.4. The van der Waals surface area contributed by atoms with E-state index in [2.05, 4.69) is 4.98 Å². The normalized spacial score (nSPS) is 15.1. The summed E-state index contributed by atoms with van der Waals surface area (Å²) in [5, 5.41) is 0.899. The minimum Gasteiger partial charge on any atom is -0.493 e. The molecular formula is C27H27N3O4S. The molecule has 0 bridgehead atoms. The number of benzene rings is 2. The number of thioether (sulfide) groups is 1. The van der Waals surface area contributed by atoms with E-state index in [-0.39, 0.29) is 11.9 Å². The summed E-state index contributed by atoms with van der Waals surface area (Å²) >= 11 is 1.57. The molecule has 0 N–H and O–H groups in total. The van der Waals surface area contributed by atoms with E-state index < -0.39 is 0 Å². The maximum atomic E-state index is 13.7. The Balaban J connectivity index is 1.45. The molecule has 7 nitrogen and oxygen atoms in total. The first-order valence-corrected chi connectivity index (χ1v) is 12.4. The SMILES string of the molecule is COc1cc2c(cc1OC)C(c1ccccc1)N(C(=O)c1ccc(CSc3nccn3C)o1)CC2. The predicted octanol–water partition coefficient (Wildman–Crippen LogP) is 5.11. The van der Waals surface area contributed by atoms with E-state index in [0.29, 0.717) is 36.0 Å². The van der Waals surface area contributed by atoms with Gasteiger partial charge in [0.15, 0.2) is 22.4 Å². The van der Waals surface area contributed by atoms with Crippen LogP contribution in [0.5, 0.6) is 11.5 Å². The van der Waals surface area contributed by atoms with E-state index in [1.807, 2.05) is 71.2 Å². The highest BCUT2D eigenvalue weighted by Gasteiger charge is 2.35. The van der Waals surface area contributed by atoms with Crippen molar-refractivity contribution in [2.75, 3.05) is 20.8 Å². The zero-order valence-electron chi connectivity index (χ0n) is 19.9. The number of ether oxygens (including phenoxy) is 2. The maximum absolute atomic E-state index is 13.7. The quantitative estimate of drug-likeness (QED) is 0.336. The number of imidazole rings is 1. The first kappa shape index (κ1) is 23.1. The van der Waals surface area contributed by atoms with Gasteiger partial charge in [0, 0.05) is 26.0 Å². The van der Waals surface area contributed by atoms with Crippen molar-refractivity contribution in [2.45, 2.75) is 23.4 Å². The van der Waals surface area contributed by atoms with E-state index in [0.717, 1.165) is 27.6 Å². The number of fused-ring (bicyclic) bond motifs is 1. The molecule has 1 amide bonds. The number of rotatable bonds is 7. The minimum atomic E-state index is -0.261. The number of amides is 1. The molecule has 180 valence electrons. The van der Waals surface area contributed by atoms with Crippen molar-refractivity contribution in [2.24, 2.45) is 7.05 Å². The average molecular weight is 490 g/mol. The molecule has 0 aliphatic carbocycles. The number of aryl methyl sites for hydroxylation is 1. The number of nitrogens with zero attached hydrogens (tertiary/aromatic N) is 3. The Labute approximate surface area is 208 Å². The van der Waals surface area contributed by atoms with Gasteiger partial charge in [-0.3, -0.25) is 4.79 Å². The number of furan rings is 1. The highest BCUT2D eigenvalue weighted by molar-refractivity contribution is 7.98. The lowest BCUT2D eigenvalue weighted by Gasteiger charge is -2.37. The summed E-state index contributed by atoms with van der Waals surface area (Å²) in [4.78, 5) is 19.9. The monoisotopic (exact) mass is 489 g/mol. The molecule has 0 saturated carbocycles. The van der Waals surface area contributed by atoms with Crippen LogP contribution in [0, 0.1) is 0 Å². The fraction of sp³-hybridized carbons (Fsp3) is 0.259. The van der Waals surface area contributed by atoms with Crippen LogP contribution >= 0.6 is 11.8 Å². The second-order valence-corrected chi connectivity index (χ2v) is 9.29. The standard InChI is InChI=1S/C27H27N3O4S/c1-29-14-12-28-27(29)35-17-20-9-10-22(34-20)26(31)30-13-11-19-15-23(32-2)24(33-3)16-21(19)25(30)18-7-5-4-6-8-18/h4-10,12,14-16,25H,11,13,17H2,1-3H3. The molecule has 1 aliphatic rings. The number of carbonyl (C=O) groups excluding carboxylic acids is 1. The van der Waals surface area contributed by atoms with Crippen molar-refractivity contribution in [1.29, 1.82) is 0 Å². The van der Waals surface area contributed by atoms with Crippen molar-refractivity contribution < 1.29 is 18.7 Å². The van der Waals surface area contributed by atoms with Gasteiger partial charge >= 0.3 is 0 Å². The van der Waals surface area contributed by atoms with Gasteiger partial charge in [0.2, 0.25) is 0 Å². The first-order valence-electron chi connectivity index (χ1n) is 11.4. The van der Waals surface area contributed by atoms with Crippen LogP contribution in [-0.2, 0) is 19.2 Å². The van der Waals surface area contributed by atoms with E-state index in [1.165, 1.54) is 0 Å². The van der Waals surface area contributed by atoms with Crippen LogP contribution in [0.25, 0.3) is 0 Å². The molecule has 8 heteroatoms. The highest BCUT2D eigenvalue weighted by atomic mass is 32.2. The van der Waals surface area contributed by atoms with Crippen LogP contribution < -0.4 is 9.47 Å². The van der Waals surface area contributed by atoms with Gasteiger partial charge in [0.05, 0.1) is 26.0 Å². The number of hydrogen-bond acceptors (Lipinski definition) is 6. The van der Waals surface area contributed by atoms with Crippen LogP contribution in [0.15, 0.2) is 76.6 Å². The Morgan fingerprint density at radius 1 is 1.11 bits per heavy atom. The Bertz CT molecular complexity index is 1330. The Kier molecular flexibility index (Phi) is 6.55. The molecule has 0 spiro atoms. The van der Waals surface area contributed by atoms with Crippen LogP contribution in [0.4, 0.5) is 0 Å². The van der Waals surface area contributed by atoms with Crippen molar-refractivity contribution >= 4 is 17.7 Å². The molecule has 2 aromatic carbocycles. The molecule has 5 rings (SSSR count). The number of hydrogen-bond donors (Lipinski definition) is 0. The second-order valence-electron chi connectivity index (χ2n) is 8.34. The van der Waals surface area contributed by atoms with Gasteiger partial charge in [-0.2, -0.15) is 0 Å². The van der Waals surface area contributed by atoms with Gasteiger partial charge in [-0.15, -0.1) is 0 Å². The van der Waals surface area contributed by atoms with Gasteiger partial charge in [-0.25, -0.2) is 4.98 Å². The van der Waals surface area contributed by atoms with Crippen LogP contribution in [-0.4, -0.2) is 41.1 Å². The zero-order valence-corrected chi connectivity index (χ0v) is 20.7. The molecule has 0 fully saturated rings. The summed E-state index contributed by atoms with van der Waals surface area (Å²) in [5.41, 5.74) is 3.21. The summed E-state index contributed by atoms with van der Waals surface area (Å²) in [6.45, 7) is 0.568.